The second-order valence-electron chi connectivity index (χ2n) is 10.7. The number of rotatable bonds is 18. The molecule has 3 aromatic rings. The van der Waals surface area contributed by atoms with Gasteiger partial charge in [-0.3, -0.25) is 32.9 Å². The number of ether oxygens (including phenoxy) is 2. The zero-order valence-corrected chi connectivity index (χ0v) is 32.7. The fourth-order valence-corrected chi connectivity index (χ4v) is 7.30. The van der Waals surface area contributed by atoms with Crippen LogP contribution in [0.3, 0.4) is 0 Å². The lowest BCUT2D eigenvalue weighted by atomic mass is 10.1. The van der Waals surface area contributed by atoms with E-state index in [4.69, 9.17) is 66.5 Å². The lowest BCUT2D eigenvalue weighted by Crippen LogP contribution is -2.78. The average molecular weight is 912 g/mol. The summed E-state index contributed by atoms with van der Waals surface area (Å²) in [4.78, 5) is 23.2. The highest BCUT2D eigenvalue weighted by Gasteiger charge is 2.30. The maximum Gasteiger partial charge on any atom is 0.751 e. The fourth-order valence-electron chi connectivity index (χ4n) is 3.86. The summed E-state index contributed by atoms with van der Waals surface area (Å²) in [6.07, 6.45) is -8.87. The van der Waals surface area contributed by atoms with Crippen LogP contribution in [0.25, 0.3) is 10.1 Å². The van der Waals surface area contributed by atoms with Crippen molar-refractivity contribution in [2.24, 2.45) is 22.9 Å². The first-order chi connectivity index (χ1) is 27.3. The van der Waals surface area contributed by atoms with Gasteiger partial charge < -0.3 is 29.3 Å². The molecule has 1 atom stereocenters. The van der Waals surface area contributed by atoms with Crippen molar-refractivity contribution >= 4 is 63.6 Å². The number of benzene rings is 2. The first kappa shape index (κ1) is 51.3. The number of nitrogens with zero attached hydrogens (tertiary/aromatic N) is 1. The van der Waals surface area contributed by atoms with Crippen molar-refractivity contribution < 1.29 is 92.0 Å². The molecule has 0 aliphatic rings. The molecular formula is C30H35F7N8O11PS2+. The topological polar surface area (TPSA) is 336 Å². The van der Waals surface area contributed by atoms with Gasteiger partial charge in [-0.2, -0.15) is 36.3 Å². The molecule has 2 aromatic carbocycles. The summed E-state index contributed by atoms with van der Waals surface area (Å²) >= 11 is 1.02. The molecule has 0 aliphatic carbocycles. The second-order valence-corrected chi connectivity index (χ2v) is 14.6. The van der Waals surface area contributed by atoms with Crippen molar-refractivity contribution in [2.75, 3.05) is 33.0 Å². The highest BCUT2D eigenvalue weighted by atomic mass is 32.2. The van der Waals surface area contributed by atoms with Crippen molar-refractivity contribution in [2.45, 2.75) is 42.7 Å². The van der Waals surface area contributed by atoms with E-state index in [0.29, 0.717) is 72.7 Å². The van der Waals surface area contributed by atoms with E-state index in [2.05, 4.69) is 14.7 Å². The summed E-state index contributed by atoms with van der Waals surface area (Å²) in [7, 11) is -6.99. The molecule has 19 nitrogen and oxygen atoms in total. The summed E-state index contributed by atoms with van der Waals surface area (Å²) in [5.74, 6) is -5.99. The van der Waals surface area contributed by atoms with Crippen molar-refractivity contribution in [1.29, 1.82) is 5.26 Å². The summed E-state index contributed by atoms with van der Waals surface area (Å²) in [5, 5.41) is 27.0. The number of guanidine groups is 2. The van der Waals surface area contributed by atoms with E-state index >= 15 is 0 Å². The van der Waals surface area contributed by atoms with Gasteiger partial charge in [0.1, 0.15) is 28.0 Å². The molecular weight excluding hydrogens is 876 g/mol. The van der Waals surface area contributed by atoms with Crippen LogP contribution < -0.4 is 61.9 Å². The van der Waals surface area contributed by atoms with Crippen molar-refractivity contribution in [1.82, 2.24) is 4.72 Å². The lowest BCUT2D eigenvalue weighted by molar-refractivity contribution is -0.460. The predicted octanol–water partition coefficient (Wildman–Crippen LogP) is -2.69. The van der Waals surface area contributed by atoms with Crippen molar-refractivity contribution in [3.05, 3.63) is 47.3 Å². The quantitative estimate of drug-likeness (QED) is 0.0171. The van der Waals surface area contributed by atoms with Crippen molar-refractivity contribution in [3.8, 4) is 23.3 Å². The summed E-state index contributed by atoms with van der Waals surface area (Å²) in [6.45, 7) is 2.70. The number of carbonyl (C=O) groups is 2. The number of halogens is 7. The van der Waals surface area contributed by atoms with Gasteiger partial charge in [0.15, 0.2) is 24.0 Å². The summed E-state index contributed by atoms with van der Waals surface area (Å²) in [6, 6.07) is 8.36. The maximum absolute atomic E-state index is 13.8. The van der Waals surface area contributed by atoms with Gasteiger partial charge in [-0.15, -0.1) is 11.3 Å². The van der Waals surface area contributed by atoms with Crippen LogP contribution in [0, 0.1) is 17.1 Å². The van der Waals surface area contributed by atoms with Crippen LogP contribution in [0.4, 0.5) is 30.7 Å². The normalized spacial score (nSPS) is 11.4. The number of carbonyl (C=O) groups excluding carboxylic acids is 2. The van der Waals surface area contributed by atoms with E-state index in [9.17, 15) is 43.7 Å². The molecule has 326 valence electrons. The van der Waals surface area contributed by atoms with E-state index in [1.54, 1.807) is 18.2 Å². The Balaban J connectivity index is 0.00000106. The number of aryl methyl sites for hydroxylation is 1. The third-order valence-corrected chi connectivity index (χ3v) is 10.2. The number of carboxylic acids is 2. The Kier molecular flexibility index (Phi) is 20.5. The van der Waals surface area contributed by atoms with Crippen LogP contribution in [0.15, 0.2) is 34.5 Å². The Morgan fingerprint density at radius 1 is 0.915 bits per heavy atom. The van der Waals surface area contributed by atoms with Gasteiger partial charge in [0.25, 0.3) is 10.0 Å². The number of thiophene rings is 1. The molecule has 59 heavy (non-hydrogen) atoms. The molecule has 11 N–H and O–H groups in total. The van der Waals surface area contributed by atoms with Gasteiger partial charge in [0.05, 0.1) is 31.9 Å². The van der Waals surface area contributed by atoms with Crippen molar-refractivity contribution in [3.63, 3.8) is 0 Å². The van der Waals surface area contributed by atoms with E-state index in [0.717, 1.165) is 23.5 Å². The minimum atomic E-state index is -5.19. The third kappa shape index (κ3) is 18.6. The van der Waals surface area contributed by atoms with Crippen LogP contribution in [0.2, 0.25) is 0 Å². The number of nitriles is 1. The molecule has 0 amide bonds. The van der Waals surface area contributed by atoms with Gasteiger partial charge in [-0.25, -0.2) is 17.3 Å². The second kappa shape index (κ2) is 23.6. The number of fused-ring (bicyclic) bond motifs is 1. The Hall–Kier alpha value is -5.75. The number of hydrogen-bond donors (Lipinski definition) is 7. The number of alkyl halides is 6. The zero-order valence-electron chi connectivity index (χ0n) is 30.2. The molecule has 0 radical (unpaired) electrons. The smallest absolute Gasteiger partial charge is 0.542 e. The number of nitrogens with one attached hydrogen (secondary N) is 3. The largest absolute Gasteiger partial charge is 0.751 e. The standard InChI is InChI=1S/C26H33FN8O7PS2.2C2HF3O2/c1-2-18-19-12-21(39-9-3-7-33-25(29)30)22(40-10-4-8-34-26(31)32)13-23(19)44-24(18)45(37,38)35-15-41-43(36)42-17-6-5-16(14-28)20(27)11-17;2*3-2(4,5)1(6)7/h5-6,11-13,35H,2-4,7-10,15H2,1H3,(H4,29,30,33)(H4,31,32,34);2*(H,6,7)/q+1;;. The molecule has 0 fully saturated rings. The minimum Gasteiger partial charge on any atom is -0.542 e. The first-order valence-corrected chi connectivity index (χ1v) is 19.4. The third-order valence-electron chi connectivity index (χ3n) is 6.36. The van der Waals surface area contributed by atoms with Crippen LogP contribution in [-0.2, 0) is 35.1 Å². The predicted molar refractivity (Wildman–Crippen MR) is 188 cm³/mol. The Morgan fingerprint density at radius 3 is 1.83 bits per heavy atom. The van der Waals surface area contributed by atoms with E-state index in [1.807, 2.05) is 6.92 Å². The maximum atomic E-state index is 13.8. The molecule has 0 bridgehead atoms. The molecule has 0 saturated carbocycles. The Bertz CT molecular complexity index is 2120. The van der Waals surface area contributed by atoms with Gasteiger partial charge in [-0.1, -0.05) is 11.4 Å². The Labute approximate surface area is 334 Å². The molecule has 1 unspecified atom stereocenters. The molecule has 0 saturated heterocycles. The SMILES string of the molecule is CCc1c(S(=O)(=O)NCO[P+](=O)Oc2ccc(C#N)c(F)c2)sc2cc(OCCC[NH+]=C(N)N)c(OCCC[NH+]=C(N)N)cc12.O=C([O-])C(F)(F)F.O=C([O-])C(F)(F)F. The molecule has 29 heteroatoms. The van der Waals surface area contributed by atoms with E-state index in [-0.39, 0.29) is 27.4 Å². The average Bonchev–Trinajstić information content (AvgIpc) is 3.49. The first-order valence-electron chi connectivity index (χ1n) is 16.0. The van der Waals surface area contributed by atoms with Gasteiger partial charge >= 0.3 is 32.5 Å². The Morgan fingerprint density at radius 2 is 1.41 bits per heavy atom. The number of carboxylic acid groups (broad SMARTS) is 2. The zero-order chi connectivity index (χ0) is 45.1. The van der Waals surface area contributed by atoms with E-state index < -0.39 is 55.1 Å². The molecule has 1 heterocycles. The van der Waals surface area contributed by atoms with Crippen LogP contribution in [0.1, 0.15) is 30.9 Å². The van der Waals surface area contributed by atoms with E-state index in [1.165, 1.54) is 6.07 Å². The van der Waals surface area contributed by atoms with Gasteiger partial charge in [-0.05, 0) is 30.2 Å². The number of sulfonamides is 1. The highest BCUT2D eigenvalue weighted by Crippen LogP contribution is 2.42. The summed E-state index contributed by atoms with van der Waals surface area (Å²) < 4.78 is 140. The number of aliphatic carboxylic acids is 2. The minimum absolute atomic E-state index is 0.0355. The lowest BCUT2D eigenvalue weighted by Gasteiger charge is -2.13. The van der Waals surface area contributed by atoms with Crippen LogP contribution in [0.5, 0.6) is 17.2 Å². The molecule has 3 rings (SSSR count). The molecule has 1 aromatic heterocycles. The summed E-state index contributed by atoms with van der Waals surface area (Å²) in [5.41, 5.74) is 22.0. The molecule has 0 spiro atoms. The fraction of sp³-hybridized carbons (Fsp3) is 0.367. The van der Waals surface area contributed by atoms with Crippen LogP contribution >= 0.6 is 19.6 Å². The molecule has 0 aliphatic heterocycles. The monoisotopic (exact) mass is 911 g/mol. The number of hydrogen-bond acceptors (Lipinski definition) is 13. The number of nitrogens with two attached hydrogens (primary N) is 4. The van der Waals surface area contributed by atoms with Crippen LogP contribution in [-0.4, -0.2) is 77.7 Å². The van der Waals surface area contributed by atoms with Gasteiger partial charge in [0, 0.05) is 39.6 Å². The highest BCUT2D eigenvalue weighted by molar-refractivity contribution is 7.91. The van der Waals surface area contributed by atoms with Gasteiger partial charge in [0.2, 0.25) is 0 Å².